The predicted molar refractivity (Wildman–Crippen MR) is 105 cm³/mol. The monoisotopic (exact) mass is 468 g/mol. The minimum absolute atomic E-state index is 0.00975. The molecule has 8 heteroatoms. The topological polar surface area (TPSA) is 42.1 Å². The van der Waals surface area contributed by atoms with Crippen molar-refractivity contribution in [1.29, 1.82) is 0 Å². The fourth-order valence-corrected chi connectivity index (χ4v) is 3.32. The number of ether oxygens (including phenoxy) is 1. The number of pyridine rings is 1. The molecule has 0 spiro atoms. The molecule has 0 amide bonds. The Morgan fingerprint density at radius 2 is 1.69 bits per heavy atom. The maximum atomic E-state index is 14.7. The molecule has 0 saturated carbocycles. The van der Waals surface area contributed by atoms with E-state index in [1.807, 2.05) is 0 Å². The van der Waals surface area contributed by atoms with Crippen LogP contribution in [0, 0.1) is 37.1 Å². The van der Waals surface area contributed by atoms with Gasteiger partial charge in [-0.25, -0.2) is 17.6 Å². The van der Waals surface area contributed by atoms with E-state index in [1.165, 1.54) is 13.0 Å². The first-order valence-corrected chi connectivity index (χ1v) is 9.28. The largest absolute Gasteiger partial charge is 0.487 e. The maximum absolute atomic E-state index is 14.7. The van der Waals surface area contributed by atoms with Crippen LogP contribution in [-0.4, -0.2) is 4.98 Å². The van der Waals surface area contributed by atoms with Gasteiger partial charge < -0.3 is 9.72 Å². The Labute approximate surface area is 172 Å². The van der Waals surface area contributed by atoms with Gasteiger partial charge in [-0.1, -0.05) is 0 Å². The van der Waals surface area contributed by atoms with Gasteiger partial charge in [0.1, 0.15) is 40.1 Å². The molecule has 1 aromatic heterocycles. The number of benzene rings is 2. The number of aromatic amines is 1. The lowest BCUT2D eigenvalue weighted by molar-refractivity contribution is 0.297. The van der Waals surface area contributed by atoms with E-state index in [4.69, 9.17) is 4.74 Å². The molecule has 1 heterocycles. The molecule has 0 unspecified atom stereocenters. The molecular formula is C21H15BrF4NO2. The van der Waals surface area contributed by atoms with Crippen LogP contribution in [0.4, 0.5) is 17.6 Å². The zero-order valence-corrected chi connectivity index (χ0v) is 16.8. The van der Waals surface area contributed by atoms with Crippen LogP contribution in [0.15, 0.2) is 39.6 Å². The summed E-state index contributed by atoms with van der Waals surface area (Å²) >= 11 is 3.07. The molecule has 3 nitrogen and oxygen atoms in total. The summed E-state index contributed by atoms with van der Waals surface area (Å²) in [6.07, 6.45) is 0.190. The maximum Gasteiger partial charge on any atom is 0.266 e. The number of hydrogen-bond acceptors (Lipinski definition) is 2. The minimum atomic E-state index is -0.858. The van der Waals surface area contributed by atoms with E-state index >= 15 is 0 Å². The zero-order valence-electron chi connectivity index (χ0n) is 15.2. The van der Waals surface area contributed by atoms with Crippen molar-refractivity contribution in [2.45, 2.75) is 20.0 Å². The van der Waals surface area contributed by atoms with Gasteiger partial charge in [0.25, 0.3) is 5.56 Å². The third-order valence-electron chi connectivity index (χ3n) is 4.33. The van der Waals surface area contributed by atoms with Crippen LogP contribution >= 0.6 is 15.9 Å². The number of nitrogens with one attached hydrogen (secondary N) is 1. The number of aromatic nitrogens is 1. The second-order valence-corrected chi connectivity index (χ2v) is 7.10. The smallest absolute Gasteiger partial charge is 0.266 e. The molecule has 151 valence electrons. The Kier molecular flexibility index (Phi) is 6.12. The van der Waals surface area contributed by atoms with Crippen LogP contribution in [0.3, 0.4) is 0 Å². The van der Waals surface area contributed by atoms with E-state index < -0.39 is 34.4 Å². The lowest BCUT2D eigenvalue weighted by Crippen LogP contribution is -2.14. The molecule has 0 aliphatic heterocycles. The van der Waals surface area contributed by atoms with Gasteiger partial charge in [0.15, 0.2) is 0 Å². The highest BCUT2D eigenvalue weighted by Crippen LogP contribution is 2.39. The van der Waals surface area contributed by atoms with Gasteiger partial charge in [0, 0.05) is 17.3 Å². The second-order valence-electron chi connectivity index (χ2n) is 6.31. The highest BCUT2D eigenvalue weighted by Gasteiger charge is 2.24. The van der Waals surface area contributed by atoms with Crippen molar-refractivity contribution >= 4 is 15.9 Å². The highest BCUT2D eigenvalue weighted by molar-refractivity contribution is 9.10. The van der Waals surface area contributed by atoms with Crippen molar-refractivity contribution in [2.24, 2.45) is 0 Å². The Morgan fingerprint density at radius 3 is 2.28 bits per heavy atom. The van der Waals surface area contributed by atoms with Crippen molar-refractivity contribution in [3.05, 3.63) is 92.2 Å². The Balaban J connectivity index is 2.14. The number of hydrogen-bond donors (Lipinski definition) is 1. The summed E-state index contributed by atoms with van der Waals surface area (Å²) in [6.45, 7) is 4.68. The highest BCUT2D eigenvalue weighted by atomic mass is 79.9. The second kappa shape index (κ2) is 8.41. The first kappa shape index (κ1) is 21.1. The summed E-state index contributed by atoms with van der Waals surface area (Å²) in [4.78, 5) is 14.6. The molecule has 0 atom stereocenters. The van der Waals surface area contributed by atoms with Crippen LogP contribution in [-0.2, 0) is 13.0 Å². The van der Waals surface area contributed by atoms with Crippen molar-refractivity contribution in [3.8, 4) is 16.9 Å². The summed E-state index contributed by atoms with van der Waals surface area (Å²) in [6, 6.07) is 5.22. The molecule has 29 heavy (non-hydrogen) atoms. The number of rotatable bonds is 5. The van der Waals surface area contributed by atoms with Gasteiger partial charge in [-0.3, -0.25) is 4.79 Å². The quantitative estimate of drug-likeness (QED) is 0.493. The predicted octanol–water partition coefficient (Wildman–Crippen LogP) is 5.62. The van der Waals surface area contributed by atoms with Crippen molar-refractivity contribution in [1.82, 2.24) is 4.98 Å². The van der Waals surface area contributed by atoms with Crippen LogP contribution in [0.5, 0.6) is 5.75 Å². The average molecular weight is 469 g/mol. The van der Waals surface area contributed by atoms with Gasteiger partial charge in [0.05, 0.1) is 11.1 Å². The summed E-state index contributed by atoms with van der Waals surface area (Å²) < 4.78 is 61.9. The summed E-state index contributed by atoms with van der Waals surface area (Å²) in [5, 5.41) is 0. The van der Waals surface area contributed by atoms with Gasteiger partial charge in [-0.2, -0.15) is 0 Å². The molecule has 3 aromatic rings. The number of halogens is 5. The van der Waals surface area contributed by atoms with E-state index in [2.05, 4.69) is 27.8 Å². The van der Waals surface area contributed by atoms with E-state index in [9.17, 15) is 22.4 Å². The van der Waals surface area contributed by atoms with Crippen molar-refractivity contribution < 1.29 is 22.3 Å². The van der Waals surface area contributed by atoms with E-state index in [1.54, 1.807) is 0 Å². The lowest BCUT2D eigenvalue weighted by atomic mass is 9.99. The number of H-pyrrole nitrogens is 1. The lowest BCUT2D eigenvalue weighted by Gasteiger charge is -2.17. The fraction of sp³-hybridized carbons (Fsp3) is 0.143. The van der Waals surface area contributed by atoms with E-state index in [0.29, 0.717) is 11.6 Å². The molecule has 0 aliphatic carbocycles. The van der Waals surface area contributed by atoms with Crippen molar-refractivity contribution in [3.63, 3.8) is 0 Å². The third-order valence-corrected chi connectivity index (χ3v) is 5.05. The molecule has 0 saturated heterocycles. The van der Waals surface area contributed by atoms with Crippen LogP contribution < -0.4 is 10.3 Å². The van der Waals surface area contributed by atoms with Crippen molar-refractivity contribution in [2.75, 3.05) is 0 Å². The summed E-state index contributed by atoms with van der Waals surface area (Å²) in [5.74, 6) is -3.47. The van der Waals surface area contributed by atoms with Gasteiger partial charge in [-0.15, -0.1) is 0 Å². The molecule has 1 radical (unpaired) electrons. The Hall–Kier alpha value is -2.61. The SMILES string of the molecule is [CH2]Cc1cc(F)c(-c2c(C)[nH]c(=O)c(Br)c2OCc2ccc(F)cc2F)c(F)c1. The fourth-order valence-electron chi connectivity index (χ4n) is 2.90. The number of aryl methyl sites for hydroxylation is 1. The molecular weight excluding hydrogens is 454 g/mol. The first-order chi connectivity index (χ1) is 13.7. The third kappa shape index (κ3) is 4.22. The van der Waals surface area contributed by atoms with Gasteiger partial charge in [0.2, 0.25) is 0 Å². The standard InChI is InChI=1S/C21H15BrF4NO2/c1-3-11-6-15(25)18(16(26)7-11)17-10(2)27-21(28)19(22)20(17)29-9-12-4-5-13(23)8-14(12)24/h4-8H,1,3,9H2,2H3,(H,27,28). The molecule has 1 N–H and O–H groups in total. The van der Waals surface area contributed by atoms with Gasteiger partial charge in [-0.05, 0) is 66.0 Å². The molecule has 3 rings (SSSR count). The first-order valence-electron chi connectivity index (χ1n) is 8.49. The van der Waals surface area contributed by atoms with E-state index in [0.717, 1.165) is 18.2 Å². The van der Waals surface area contributed by atoms with Crippen LogP contribution in [0.25, 0.3) is 11.1 Å². The molecule has 2 aromatic carbocycles. The van der Waals surface area contributed by atoms with Crippen LogP contribution in [0.1, 0.15) is 16.8 Å². The zero-order chi connectivity index (χ0) is 21.3. The molecule has 0 aliphatic rings. The minimum Gasteiger partial charge on any atom is -0.487 e. The Bertz CT molecular complexity index is 1120. The average Bonchev–Trinajstić information content (AvgIpc) is 2.65. The van der Waals surface area contributed by atoms with Crippen LogP contribution in [0.2, 0.25) is 0 Å². The molecule has 0 bridgehead atoms. The van der Waals surface area contributed by atoms with Gasteiger partial charge >= 0.3 is 0 Å². The normalized spacial score (nSPS) is 11.0. The molecule has 0 fully saturated rings. The van der Waals surface area contributed by atoms with E-state index in [-0.39, 0.29) is 40.1 Å². The Morgan fingerprint density at radius 1 is 1.03 bits per heavy atom. The summed E-state index contributed by atoms with van der Waals surface area (Å²) in [5.41, 5.74) is -0.476. The summed E-state index contributed by atoms with van der Waals surface area (Å²) in [7, 11) is 0.